The monoisotopic (exact) mass is 220 g/mol. The van der Waals surface area contributed by atoms with Crippen LogP contribution in [-0.4, -0.2) is 17.3 Å². The van der Waals surface area contributed by atoms with Gasteiger partial charge in [-0.25, -0.2) is 0 Å². The predicted octanol–water partition coefficient (Wildman–Crippen LogP) is 2.60. The molecule has 1 atom stereocenters. The largest absolute Gasteiger partial charge is 0.411 e. The number of hydrogen-bond donors (Lipinski definition) is 2. The van der Waals surface area contributed by atoms with Crippen molar-refractivity contribution in [2.75, 3.05) is 5.32 Å². The summed E-state index contributed by atoms with van der Waals surface area (Å²) in [5.41, 5.74) is 1.85. The van der Waals surface area contributed by atoms with Crippen molar-refractivity contribution >= 4 is 17.8 Å². The zero-order chi connectivity index (χ0) is 12.0. The number of amides is 1. The molecule has 0 bridgehead atoms. The summed E-state index contributed by atoms with van der Waals surface area (Å²) in [6.07, 6.45) is 1.84. The van der Waals surface area contributed by atoms with Gasteiger partial charge in [0.2, 0.25) is 0 Å². The summed E-state index contributed by atoms with van der Waals surface area (Å²) in [5.74, 6) is -0.0548. The van der Waals surface area contributed by atoms with Crippen molar-refractivity contribution in [1.29, 1.82) is 0 Å². The Kier molecular flexibility index (Phi) is 4.51. The Balaban J connectivity index is 2.90. The van der Waals surface area contributed by atoms with E-state index in [9.17, 15) is 4.79 Å². The molecule has 4 nitrogen and oxygen atoms in total. The molecule has 0 heterocycles. The molecular weight excluding hydrogens is 204 g/mol. The Morgan fingerprint density at radius 2 is 2.25 bits per heavy atom. The third-order valence-electron chi connectivity index (χ3n) is 2.54. The molecule has 1 unspecified atom stereocenters. The van der Waals surface area contributed by atoms with Crippen LogP contribution in [0.4, 0.5) is 5.69 Å². The van der Waals surface area contributed by atoms with Crippen LogP contribution in [0.1, 0.15) is 31.7 Å². The summed E-state index contributed by atoms with van der Waals surface area (Å²) in [5, 5.41) is 13.6. The molecular formula is C12H16N2O2. The second-order valence-electron chi connectivity index (χ2n) is 3.63. The van der Waals surface area contributed by atoms with E-state index in [0.717, 1.165) is 23.9 Å². The fourth-order valence-corrected chi connectivity index (χ4v) is 1.48. The van der Waals surface area contributed by atoms with E-state index in [1.165, 1.54) is 0 Å². The van der Waals surface area contributed by atoms with E-state index in [-0.39, 0.29) is 0 Å². The molecule has 0 aliphatic heterocycles. The van der Waals surface area contributed by atoms with Crippen LogP contribution in [0, 0.1) is 0 Å². The zero-order valence-corrected chi connectivity index (χ0v) is 9.47. The van der Waals surface area contributed by atoms with Crippen LogP contribution >= 0.6 is 0 Å². The molecule has 1 aromatic carbocycles. The zero-order valence-electron chi connectivity index (χ0n) is 9.47. The van der Waals surface area contributed by atoms with E-state index >= 15 is 0 Å². The van der Waals surface area contributed by atoms with E-state index in [4.69, 9.17) is 5.21 Å². The van der Waals surface area contributed by atoms with Crippen molar-refractivity contribution in [2.45, 2.75) is 26.2 Å². The van der Waals surface area contributed by atoms with Gasteiger partial charge in [-0.2, -0.15) is 0 Å². The standard InChI is InChI=1S/C12H16N2O2/c1-3-9(2)10-6-4-5-7-11(10)14-12(15)8-13-16/h4-9,16H,3H2,1-2H3,(H,14,15)/b13-8+. The molecule has 0 aliphatic rings. The first-order chi connectivity index (χ1) is 7.69. The van der Waals surface area contributed by atoms with Crippen molar-refractivity contribution in [3.05, 3.63) is 29.8 Å². The smallest absolute Gasteiger partial charge is 0.270 e. The van der Waals surface area contributed by atoms with Gasteiger partial charge < -0.3 is 10.5 Å². The SMILES string of the molecule is CCC(C)c1ccccc1NC(=O)/C=N/O. The van der Waals surface area contributed by atoms with Crippen LogP contribution < -0.4 is 5.32 Å². The van der Waals surface area contributed by atoms with Crippen molar-refractivity contribution in [3.8, 4) is 0 Å². The van der Waals surface area contributed by atoms with Gasteiger partial charge >= 0.3 is 0 Å². The van der Waals surface area contributed by atoms with Crippen LogP contribution in [0.3, 0.4) is 0 Å². The van der Waals surface area contributed by atoms with E-state index in [2.05, 4.69) is 24.3 Å². The van der Waals surface area contributed by atoms with Gasteiger partial charge in [0.25, 0.3) is 5.91 Å². The third-order valence-corrected chi connectivity index (χ3v) is 2.54. The summed E-state index contributed by atoms with van der Waals surface area (Å²) >= 11 is 0. The maximum atomic E-state index is 11.3. The van der Waals surface area contributed by atoms with Gasteiger partial charge in [0.15, 0.2) is 0 Å². The molecule has 1 amide bonds. The van der Waals surface area contributed by atoms with E-state index in [1.54, 1.807) is 0 Å². The third kappa shape index (κ3) is 3.08. The van der Waals surface area contributed by atoms with Crippen molar-refractivity contribution in [1.82, 2.24) is 0 Å². The number of rotatable bonds is 4. The van der Waals surface area contributed by atoms with E-state index < -0.39 is 5.91 Å². The number of hydrogen-bond acceptors (Lipinski definition) is 3. The quantitative estimate of drug-likeness (QED) is 0.465. The number of nitrogens with zero attached hydrogens (tertiary/aromatic N) is 1. The molecule has 4 heteroatoms. The van der Waals surface area contributed by atoms with Crippen molar-refractivity contribution in [2.24, 2.45) is 5.16 Å². The van der Waals surface area contributed by atoms with Crippen molar-refractivity contribution < 1.29 is 10.0 Å². The lowest BCUT2D eigenvalue weighted by Crippen LogP contribution is -2.14. The van der Waals surface area contributed by atoms with Gasteiger partial charge in [-0.1, -0.05) is 37.2 Å². The number of carbonyl (C=O) groups excluding carboxylic acids is 1. The van der Waals surface area contributed by atoms with Crippen LogP contribution in [-0.2, 0) is 4.79 Å². The molecule has 0 saturated carbocycles. The Bertz CT molecular complexity index is 388. The molecule has 0 spiro atoms. The lowest BCUT2D eigenvalue weighted by molar-refractivity contribution is -0.110. The van der Waals surface area contributed by atoms with Gasteiger partial charge in [-0.05, 0) is 24.0 Å². The molecule has 86 valence electrons. The predicted molar refractivity (Wildman–Crippen MR) is 64.1 cm³/mol. The molecule has 0 saturated heterocycles. The second kappa shape index (κ2) is 5.90. The minimum Gasteiger partial charge on any atom is -0.411 e. The molecule has 1 rings (SSSR count). The Morgan fingerprint density at radius 3 is 2.88 bits per heavy atom. The molecule has 16 heavy (non-hydrogen) atoms. The minimum atomic E-state index is -0.432. The second-order valence-corrected chi connectivity index (χ2v) is 3.63. The van der Waals surface area contributed by atoms with Crippen LogP contribution in [0.25, 0.3) is 0 Å². The van der Waals surface area contributed by atoms with E-state index in [1.807, 2.05) is 24.3 Å². The number of benzene rings is 1. The number of carbonyl (C=O) groups is 1. The molecule has 0 aromatic heterocycles. The first kappa shape index (κ1) is 12.2. The van der Waals surface area contributed by atoms with Crippen LogP contribution in [0.5, 0.6) is 0 Å². The molecule has 0 fully saturated rings. The van der Waals surface area contributed by atoms with Gasteiger partial charge in [0, 0.05) is 5.69 Å². The highest BCUT2D eigenvalue weighted by Gasteiger charge is 2.09. The first-order valence-corrected chi connectivity index (χ1v) is 5.26. The van der Waals surface area contributed by atoms with E-state index in [0.29, 0.717) is 5.92 Å². The fraction of sp³-hybridized carbons (Fsp3) is 0.333. The number of nitrogens with one attached hydrogen (secondary N) is 1. The lowest BCUT2D eigenvalue weighted by atomic mass is 9.97. The van der Waals surface area contributed by atoms with Crippen LogP contribution in [0.15, 0.2) is 29.4 Å². The molecule has 2 N–H and O–H groups in total. The Morgan fingerprint density at radius 1 is 1.56 bits per heavy atom. The lowest BCUT2D eigenvalue weighted by Gasteiger charge is -2.14. The fourth-order valence-electron chi connectivity index (χ4n) is 1.48. The normalized spacial score (nSPS) is 12.6. The average molecular weight is 220 g/mol. The summed E-state index contributed by atoms with van der Waals surface area (Å²) in [4.78, 5) is 11.3. The molecule has 0 aliphatic carbocycles. The summed E-state index contributed by atoms with van der Waals surface area (Å²) in [7, 11) is 0. The topological polar surface area (TPSA) is 61.7 Å². The number of para-hydroxylation sites is 1. The van der Waals surface area contributed by atoms with Crippen molar-refractivity contribution in [3.63, 3.8) is 0 Å². The van der Waals surface area contributed by atoms with Gasteiger partial charge in [-0.3, -0.25) is 4.79 Å². The maximum absolute atomic E-state index is 11.3. The highest BCUT2D eigenvalue weighted by molar-refractivity contribution is 6.31. The number of anilines is 1. The van der Waals surface area contributed by atoms with Gasteiger partial charge in [0.1, 0.15) is 6.21 Å². The first-order valence-electron chi connectivity index (χ1n) is 5.26. The summed E-state index contributed by atoms with van der Waals surface area (Å²) in [6, 6.07) is 7.62. The Hall–Kier alpha value is -1.84. The number of oxime groups is 1. The highest BCUT2D eigenvalue weighted by atomic mass is 16.4. The maximum Gasteiger partial charge on any atom is 0.270 e. The summed E-state index contributed by atoms with van der Waals surface area (Å²) in [6.45, 7) is 4.20. The van der Waals surface area contributed by atoms with Gasteiger partial charge in [0.05, 0.1) is 0 Å². The van der Waals surface area contributed by atoms with Gasteiger partial charge in [-0.15, -0.1) is 0 Å². The average Bonchev–Trinajstić information content (AvgIpc) is 2.29. The molecule has 1 aromatic rings. The minimum absolute atomic E-state index is 0.377. The van der Waals surface area contributed by atoms with Crippen LogP contribution in [0.2, 0.25) is 0 Å². The highest BCUT2D eigenvalue weighted by Crippen LogP contribution is 2.26. The Labute approximate surface area is 95.0 Å². The molecule has 0 radical (unpaired) electrons. The summed E-state index contributed by atoms with van der Waals surface area (Å²) < 4.78 is 0.